The molecule has 0 aromatic carbocycles. The highest BCUT2D eigenvalue weighted by molar-refractivity contribution is 4.88. The largest absolute Gasteiger partial charge is 0.379 e. The second kappa shape index (κ2) is 8.27. The van der Waals surface area contributed by atoms with Crippen molar-refractivity contribution in [3.8, 4) is 0 Å². The third-order valence-electron chi connectivity index (χ3n) is 7.88. The summed E-state index contributed by atoms with van der Waals surface area (Å²) in [5, 5.41) is 0. The SMILES string of the molecule is CCOC1CCC(C2CCC(C3CCC4(CC3)OCCO4)CC2)CC1. The van der Waals surface area contributed by atoms with Crippen molar-refractivity contribution < 1.29 is 14.2 Å². The van der Waals surface area contributed by atoms with E-state index in [9.17, 15) is 0 Å². The van der Waals surface area contributed by atoms with Crippen molar-refractivity contribution in [2.45, 2.75) is 95.9 Å². The molecule has 3 nitrogen and oxygen atoms in total. The predicted octanol–water partition coefficient (Wildman–Crippen LogP) is 5.32. The highest BCUT2D eigenvalue weighted by Gasteiger charge is 2.42. The third kappa shape index (κ3) is 4.25. The molecule has 3 saturated carbocycles. The molecule has 4 rings (SSSR count). The van der Waals surface area contributed by atoms with Crippen LogP contribution in [-0.4, -0.2) is 31.7 Å². The van der Waals surface area contributed by atoms with Crippen LogP contribution in [0.1, 0.15) is 84.0 Å². The van der Waals surface area contributed by atoms with Gasteiger partial charge in [-0.15, -0.1) is 0 Å². The lowest BCUT2D eigenvalue weighted by Gasteiger charge is -2.42. The Kier molecular flexibility index (Phi) is 6.04. The van der Waals surface area contributed by atoms with Crippen LogP contribution >= 0.6 is 0 Å². The highest BCUT2D eigenvalue weighted by atomic mass is 16.7. The van der Waals surface area contributed by atoms with Gasteiger partial charge in [-0.3, -0.25) is 0 Å². The molecule has 1 aliphatic heterocycles. The van der Waals surface area contributed by atoms with E-state index in [1.807, 2.05) is 0 Å². The lowest BCUT2D eigenvalue weighted by molar-refractivity contribution is -0.185. The molecule has 144 valence electrons. The maximum absolute atomic E-state index is 5.91. The summed E-state index contributed by atoms with van der Waals surface area (Å²) in [6.07, 6.45) is 16.9. The fourth-order valence-corrected chi connectivity index (χ4v) is 6.39. The Morgan fingerprint density at radius 2 is 1.12 bits per heavy atom. The van der Waals surface area contributed by atoms with E-state index in [1.54, 1.807) is 0 Å². The summed E-state index contributed by atoms with van der Waals surface area (Å²) in [7, 11) is 0. The van der Waals surface area contributed by atoms with Crippen LogP contribution in [-0.2, 0) is 14.2 Å². The monoisotopic (exact) mass is 350 g/mol. The van der Waals surface area contributed by atoms with Gasteiger partial charge < -0.3 is 14.2 Å². The van der Waals surface area contributed by atoms with E-state index in [4.69, 9.17) is 14.2 Å². The first kappa shape index (κ1) is 18.3. The van der Waals surface area contributed by atoms with Gasteiger partial charge in [0.1, 0.15) is 0 Å². The third-order valence-corrected chi connectivity index (χ3v) is 7.88. The van der Waals surface area contributed by atoms with Crippen LogP contribution in [0.4, 0.5) is 0 Å². The molecule has 0 N–H and O–H groups in total. The van der Waals surface area contributed by atoms with E-state index >= 15 is 0 Å². The summed E-state index contributed by atoms with van der Waals surface area (Å²) < 4.78 is 17.6. The minimum atomic E-state index is -0.174. The molecule has 0 amide bonds. The van der Waals surface area contributed by atoms with E-state index in [1.165, 1.54) is 64.2 Å². The molecular weight excluding hydrogens is 312 g/mol. The molecule has 0 aromatic rings. The smallest absolute Gasteiger partial charge is 0.168 e. The first-order valence-corrected chi connectivity index (χ1v) is 11.2. The fourth-order valence-electron chi connectivity index (χ4n) is 6.39. The van der Waals surface area contributed by atoms with Gasteiger partial charge in [-0.2, -0.15) is 0 Å². The zero-order valence-electron chi connectivity index (χ0n) is 16.2. The standard InChI is InChI=1S/C22H38O3/c1-2-23-21-9-7-19(8-10-21)17-3-5-18(6-4-17)20-11-13-22(14-12-20)24-15-16-25-22/h17-21H,2-16H2,1H3. The van der Waals surface area contributed by atoms with Crippen molar-refractivity contribution in [3.05, 3.63) is 0 Å². The maximum atomic E-state index is 5.91. The number of hydrogen-bond donors (Lipinski definition) is 0. The van der Waals surface area contributed by atoms with E-state index in [2.05, 4.69) is 6.92 Å². The van der Waals surface area contributed by atoms with Gasteiger partial charge in [-0.1, -0.05) is 0 Å². The molecule has 4 aliphatic rings. The predicted molar refractivity (Wildman–Crippen MR) is 99.4 cm³/mol. The first-order chi connectivity index (χ1) is 12.3. The zero-order chi connectivity index (χ0) is 17.1. The second-order valence-electron chi connectivity index (χ2n) is 9.11. The number of ether oxygens (including phenoxy) is 3. The average Bonchev–Trinajstić information content (AvgIpc) is 3.12. The molecule has 0 radical (unpaired) electrons. The van der Waals surface area contributed by atoms with Gasteiger partial charge >= 0.3 is 0 Å². The van der Waals surface area contributed by atoms with Gasteiger partial charge in [-0.25, -0.2) is 0 Å². The second-order valence-corrected chi connectivity index (χ2v) is 9.11. The summed E-state index contributed by atoms with van der Waals surface area (Å²) >= 11 is 0. The summed E-state index contributed by atoms with van der Waals surface area (Å²) in [5.74, 6) is 3.75. The minimum absolute atomic E-state index is 0.174. The summed E-state index contributed by atoms with van der Waals surface area (Å²) in [5.41, 5.74) is 0. The van der Waals surface area contributed by atoms with Crippen LogP contribution in [0.25, 0.3) is 0 Å². The topological polar surface area (TPSA) is 27.7 Å². The Bertz CT molecular complexity index is 391. The Morgan fingerprint density at radius 3 is 1.60 bits per heavy atom. The Morgan fingerprint density at radius 1 is 0.680 bits per heavy atom. The summed E-state index contributed by atoms with van der Waals surface area (Å²) in [6, 6.07) is 0. The average molecular weight is 351 g/mol. The Labute approximate surface area is 154 Å². The Balaban J connectivity index is 1.19. The lowest BCUT2D eigenvalue weighted by Crippen LogP contribution is -2.38. The minimum Gasteiger partial charge on any atom is -0.379 e. The lowest BCUT2D eigenvalue weighted by atomic mass is 9.66. The van der Waals surface area contributed by atoms with Crippen LogP contribution < -0.4 is 0 Å². The normalized spacial score (nSPS) is 39.7. The van der Waals surface area contributed by atoms with E-state index < -0.39 is 0 Å². The Hall–Kier alpha value is -0.120. The molecule has 1 spiro atoms. The summed E-state index contributed by atoms with van der Waals surface area (Å²) in [6.45, 7) is 4.63. The first-order valence-electron chi connectivity index (χ1n) is 11.2. The van der Waals surface area contributed by atoms with Crippen LogP contribution in [0.3, 0.4) is 0 Å². The number of hydrogen-bond acceptors (Lipinski definition) is 3. The van der Waals surface area contributed by atoms with Gasteiger partial charge in [0.05, 0.1) is 19.3 Å². The van der Waals surface area contributed by atoms with Gasteiger partial charge in [-0.05, 0) is 94.8 Å². The van der Waals surface area contributed by atoms with Gasteiger partial charge in [0, 0.05) is 19.4 Å². The van der Waals surface area contributed by atoms with E-state index in [-0.39, 0.29) is 5.79 Å². The van der Waals surface area contributed by atoms with Crippen LogP contribution in [0.5, 0.6) is 0 Å². The van der Waals surface area contributed by atoms with Crippen molar-refractivity contribution in [3.63, 3.8) is 0 Å². The van der Waals surface area contributed by atoms with E-state index in [0.29, 0.717) is 6.10 Å². The zero-order valence-corrected chi connectivity index (χ0v) is 16.2. The number of rotatable bonds is 4. The highest BCUT2D eigenvalue weighted by Crippen LogP contribution is 2.47. The van der Waals surface area contributed by atoms with Crippen molar-refractivity contribution in [1.29, 1.82) is 0 Å². The van der Waals surface area contributed by atoms with E-state index in [0.717, 1.165) is 56.3 Å². The van der Waals surface area contributed by atoms with Crippen molar-refractivity contribution in [2.24, 2.45) is 23.7 Å². The molecule has 0 bridgehead atoms. The quantitative estimate of drug-likeness (QED) is 0.686. The molecule has 0 unspecified atom stereocenters. The van der Waals surface area contributed by atoms with Crippen molar-refractivity contribution in [2.75, 3.05) is 19.8 Å². The van der Waals surface area contributed by atoms with Crippen LogP contribution in [0, 0.1) is 23.7 Å². The molecule has 3 aliphatic carbocycles. The summed E-state index contributed by atoms with van der Waals surface area (Å²) in [4.78, 5) is 0. The molecule has 1 heterocycles. The molecule has 25 heavy (non-hydrogen) atoms. The van der Waals surface area contributed by atoms with Crippen molar-refractivity contribution >= 4 is 0 Å². The van der Waals surface area contributed by atoms with Crippen LogP contribution in [0.2, 0.25) is 0 Å². The molecular formula is C22H38O3. The molecule has 3 heteroatoms. The molecule has 0 aromatic heterocycles. The molecule has 4 fully saturated rings. The van der Waals surface area contributed by atoms with Crippen molar-refractivity contribution in [1.82, 2.24) is 0 Å². The fraction of sp³-hybridized carbons (Fsp3) is 1.00. The maximum Gasteiger partial charge on any atom is 0.168 e. The van der Waals surface area contributed by atoms with Gasteiger partial charge in [0.25, 0.3) is 0 Å². The molecule has 0 atom stereocenters. The van der Waals surface area contributed by atoms with Gasteiger partial charge in [0.2, 0.25) is 0 Å². The molecule has 1 saturated heterocycles. The van der Waals surface area contributed by atoms with Gasteiger partial charge in [0.15, 0.2) is 5.79 Å². The van der Waals surface area contributed by atoms with Crippen LogP contribution in [0.15, 0.2) is 0 Å².